The number of halogens is 1. The highest BCUT2D eigenvalue weighted by Crippen LogP contribution is 2.21. The topological polar surface area (TPSA) is 70.7 Å². The van der Waals surface area contributed by atoms with Crippen LogP contribution in [0.25, 0.3) is 0 Å². The molecule has 0 bridgehead atoms. The molecule has 5 nitrogen and oxygen atoms in total. The highest BCUT2D eigenvalue weighted by Gasteiger charge is 2.08. The fourth-order valence-electron chi connectivity index (χ4n) is 1.52. The summed E-state index contributed by atoms with van der Waals surface area (Å²) < 4.78 is 2.79. The molecule has 1 amide bonds. The molecule has 0 aliphatic rings. The van der Waals surface area contributed by atoms with Crippen molar-refractivity contribution in [2.75, 3.05) is 16.8 Å². The molecule has 0 aliphatic carbocycles. The lowest BCUT2D eigenvalue weighted by Gasteiger charge is -2.07. The van der Waals surface area contributed by atoms with Gasteiger partial charge in [0.15, 0.2) is 0 Å². The van der Waals surface area contributed by atoms with E-state index in [4.69, 9.17) is 5.26 Å². The van der Waals surface area contributed by atoms with Crippen LogP contribution in [0.1, 0.15) is 4.88 Å². The molecule has 0 aromatic carbocycles. The molecule has 0 saturated heterocycles. The van der Waals surface area contributed by atoms with Gasteiger partial charge in [0.05, 0.1) is 30.3 Å². The van der Waals surface area contributed by atoms with Crippen molar-refractivity contribution in [3.8, 4) is 6.07 Å². The largest absolute Gasteiger partial charge is 0.310 e. The number of rotatable bonds is 6. The van der Waals surface area contributed by atoms with Crippen molar-refractivity contribution in [2.24, 2.45) is 0 Å². The van der Waals surface area contributed by atoms with Crippen LogP contribution >= 0.6 is 39.0 Å². The second-order valence-electron chi connectivity index (χ2n) is 3.80. The van der Waals surface area contributed by atoms with Gasteiger partial charge in [-0.05, 0) is 22.0 Å². The zero-order valence-electron chi connectivity index (χ0n) is 10.4. The van der Waals surface area contributed by atoms with Crippen molar-refractivity contribution < 1.29 is 4.79 Å². The monoisotopic (exact) mass is 370 g/mol. The van der Waals surface area contributed by atoms with Crippen LogP contribution < -0.4 is 5.32 Å². The second-order valence-corrected chi connectivity index (χ2v) is 6.70. The molecule has 2 rings (SSSR count). The molecular weight excluding hydrogens is 360 g/mol. The van der Waals surface area contributed by atoms with E-state index < -0.39 is 0 Å². The number of nitrogens with zero attached hydrogens (tertiary/aromatic N) is 3. The number of aromatic nitrogens is 2. The Morgan fingerprint density at radius 1 is 1.65 bits per heavy atom. The normalized spacial score (nSPS) is 10.2. The predicted molar refractivity (Wildman–Crippen MR) is 84.9 cm³/mol. The van der Waals surface area contributed by atoms with Crippen molar-refractivity contribution in [1.82, 2.24) is 9.78 Å². The zero-order chi connectivity index (χ0) is 14.4. The molecule has 0 radical (unpaired) electrons. The van der Waals surface area contributed by atoms with E-state index in [0.717, 1.165) is 9.35 Å². The van der Waals surface area contributed by atoms with Gasteiger partial charge in [0.25, 0.3) is 0 Å². The Balaban J connectivity index is 1.95. The van der Waals surface area contributed by atoms with Gasteiger partial charge in [0.1, 0.15) is 5.82 Å². The first-order chi connectivity index (χ1) is 9.69. The van der Waals surface area contributed by atoms with Gasteiger partial charge >= 0.3 is 0 Å². The van der Waals surface area contributed by atoms with Crippen LogP contribution in [0.15, 0.2) is 28.2 Å². The maximum absolute atomic E-state index is 11.7. The van der Waals surface area contributed by atoms with Crippen molar-refractivity contribution in [2.45, 2.75) is 6.54 Å². The van der Waals surface area contributed by atoms with Gasteiger partial charge in [-0.1, -0.05) is 0 Å². The van der Waals surface area contributed by atoms with E-state index in [1.54, 1.807) is 28.3 Å². The lowest BCUT2D eigenvalue weighted by atomic mass is 10.4. The first kappa shape index (κ1) is 15.1. The van der Waals surface area contributed by atoms with Gasteiger partial charge < -0.3 is 5.32 Å². The van der Waals surface area contributed by atoms with Gasteiger partial charge in [-0.3, -0.25) is 4.79 Å². The van der Waals surface area contributed by atoms with Gasteiger partial charge in [0.2, 0.25) is 5.91 Å². The van der Waals surface area contributed by atoms with Gasteiger partial charge in [0, 0.05) is 20.8 Å². The van der Waals surface area contributed by atoms with Crippen LogP contribution in [-0.2, 0) is 11.3 Å². The molecule has 2 aromatic rings. The fraction of sp³-hybridized carbons (Fsp3) is 0.250. The van der Waals surface area contributed by atoms with Crippen LogP contribution in [0.3, 0.4) is 0 Å². The first-order valence-corrected chi connectivity index (χ1v) is 8.51. The molecule has 2 heterocycles. The average molecular weight is 371 g/mol. The van der Waals surface area contributed by atoms with E-state index >= 15 is 0 Å². The molecule has 0 spiro atoms. The second kappa shape index (κ2) is 7.47. The molecule has 20 heavy (non-hydrogen) atoms. The zero-order valence-corrected chi connectivity index (χ0v) is 13.6. The van der Waals surface area contributed by atoms with Crippen LogP contribution in [0.4, 0.5) is 5.82 Å². The third-order valence-corrected chi connectivity index (χ3v) is 4.79. The molecule has 8 heteroatoms. The Kier molecular flexibility index (Phi) is 5.64. The fourth-order valence-corrected chi connectivity index (χ4v) is 3.40. The number of nitrogens with one attached hydrogen (secondary N) is 1. The number of thiophene rings is 1. The van der Waals surface area contributed by atoms with Gasteiger partial charge in [-0.25, -0.2) is 4.68 Å². The van der Waals surface area contributed by atoms with Crippen molar-refractivity contribution >= 4 is 50.8 Å². The van der Waals surface area contributed by atoms with Gasteiger partial charge in [-0.15, -0.1) is 23.1 Å². The van der Waals surface area contributed by atoms with Crippen LogP contribution in [0.2, 0.25) is 0 Å². The molecular formula is C12H11BrN4OS2. The maximum atomic E-state index is 11.7. The highest BCUT2D eigenvalue weighted by molar-refractivity contribution is 9.10. The average Bonchev–Trinajstić information content (AvgIpc) is 3.00. The summed E-state index contributed by atoms with van der Waals surface area (Å²) in [4.78, 5) is 12.9. The first-order valence-electron chi connectivity index (χ1n) is 5.68. The highest BCUT2D eigenvalue weighted by atomic mass is 79.9. The van der Waals surface area contributed by atoms with Gasteiger partial charge in [-0.2, -0.15) is 10.4 Å². The number of hydrogen-bond acceptors (Lipinski definition) is 5. The summed E-state index contributed by atoms with van der Waals surface area (Å²) in [5, 5.41) is 17.4. The molecule has 104 valence electrons. The molecule has 0 unspecified atom stereocenters. The Hall–Kier alpha value is -1.30. The maximum Gasteiger partial charge on any atom is 0.235 e. The lowest BCUT2D eigenvalue weighted by molar-refractivity contribution is -0.113. The molecule has 0 aliphatic heterocycles. The number of carbonyl (C=O) groups is 1. The van der Waals surface area contributed by atoms with Crippen molar-refractivity contribution in [3.05, 3.63) is 33.1 Å². The SMILES string of the molecule is N#CCSCC(=O)Nc1ccnn1Cc1cc(Br)cs1. The summed E-state index contributed by atoms with van der Waals surface area (Å²) in [6, 6.07) is 5.78. The molecule has 0 saturated carbocycles. The van der Waals surface area contributed by atoms with E-state index in [9.17, 15) is 4.79 Å². The summed E-state index contributed by atoms with van der Waals surface area (Å²) in [5.74, 6) is 1.12. The van der Waals surface area contributed by atoms with E-state index in [1.807, 2.05) is 17.5 Å². The minimum Gasteiger partial charge on any atom is -0.310 e. The summed E-state index contributed by atoms with van der Waals surface area (Å²) in [6.07, 6.45) is 1.65. The molecule has 0 atom stereocenters. The number of hydrogen-bond donors (Lipinski definition) is 1. The third-order valence-electron chi connectivity index (χ3n) is 2.31. The Morgan fingerprint density at radius 2 is 2.50 bits per heavy atom. The third kappa shape index (κ3) is 4.37. The number of amides is 1. The summed E-state index contributed by atoms with van der Waals surface area (Å²) >= 11 is 6.33. The standard InChI is InChI=1S/C12H11BrN4OS2/c13-9-5-10(20-7-9)6-17-11(1-3-15-17)16-12(18)8-19-4-2-14/h1,3,5,7H,4,6,8H2,(H,16,18). The summed E-state index contributed by atoms with van der Waals surface area (Å²) in [7, 11) is 0. The van der Waals surface area contributed by atoms with E-state index in [2.05, 4.69) is 26.3 Å². The number of thioether (sulfide) groups is 1. The number of nitriles is 1. The van der Waals surface area contributed by atoms with E-state index in [0.29, 0.717) is 18.1 Å². The molecule has 0 fully saturated rings. The van der Waals surface area contributed by atoms with E-state index in [1.165, 1.54) is 11.8 Å². The van der Waals surface area contributed by atoms with Crippen LogP contribution in [0.5, 0.6) is 0 Å². The minimum absolute atomic E-state index is 0.126. The van der Waals surface area contributed by atoms with Crippen molar-refractivity contribution in [1.29, 1.82) is 5.26 Å². The van der Waals surface area contributed by atoms with E-state index in [-0.39, 0.29) is 11.7 Å². The summed E-state index contributed by atoms with van der Waals surface area (Å²) in [6.45, 7) is 0.615. The molecule has 1 N–H and O–H groups in total. The Labute approximate surface area is 133 Å². The molecule has 2 aromatic heterocycles. The van der Waals surface area contributed by atoms with Crippen LogP contribution in [-0.4, -0.2) is 27.2 Å². The number of carbonyl (C=O) groups excluding carboxylic acids is 1. The van der Waals surface area contributed by atoms with Crippen LogP contribution in [0, 0.1) is 11.3 Å². The summed E-state index contributed by atoms with van der Waals surface area (Å²) in [5.41, 5.74) is 0. The lowest BCUT2D eigenvalue weighted by Crippen LogP contribution is -2.17. The number of anilines is 1. The van der Waals surface area contributed by atoms with Crippen molar-refractivity contribution in [3.63, 3.8) is 0 Å². The smallest absolute Gasteiger partial charge is 0.235 e. The Bertz CT molecular complexity index is 631. The minimum atomic E-state index is -0.126. The quantitative estimate of drug-likeness (QED) is 0.793. The predicted octanol–water partition coefficient (Wildman–Crippen LogP) is 2.95. The Morgan fingerprint density at radius 3 is 3.20 bits per heavy atom.